The Balaban J connectivity index is 4.45. The van der Waals surface area contributed by atoms with E-state index >= 15 is 0 Å². The van der Waals surface area contributed by atoms with Gasteiger partial charge in [0.25, 0.3) is 0 Å². The zero-order valence-corrected chi connectivity index (χ0v) is 38.4. The van der Waals surface area contributed by atoms with Crippen molar-refractivity contribution in [2.24, 2.45) is 0 Å². The Kier molecular flexibility index (Phi) is 39.2. The predicted octanol–water partition coefficient (Wildman–Crippen LogP) is 11.8. The summed E-state index contributed by atoms with van der Waals surface area (Å²) in [5, 5.41) is 11.6. The van der Waals surface area contributed by atoms with Crippen LogP contribution in [0.5, 0.6) is 0 Å². The number of quaternary nitrogens is 1. The predicted molar refractivity (Wildman–Crippen MR) is 245 cm³/mol. The Bertz CT molecular complexity index is 1190. The lowest BCUT2D eigenvalue weighted by Crippen LogP contribution is -2.55. The first-order valence-electron chi connectivity index (χ1n) is 23.5. The largest absolute Gasteiger partial charge is 0.544 e. The van der Waals surface area contributed by atoms with Gasteiger partial charge in [0.15, 0.2) is 6.10 Å². The lowest BCUT2D eigenvalue weighted by molar-refractivity contribution is -0.889. The Labute approximate surface area is 361 Å². The summed E-state index contributed by atoms with van der Waals surface area (Å²) in [5.74, 6) is -1.83. The van der Waals surface area contributed by atoms with E-state index in [1.807, 2.05) is 0 Å². The molecule has 8 heteroatoms. The quantitative estimate of drug-likeness (QED) is 0.0199. The minimum absolute atomic E-state index is 0.0139. The fourth-order valence-electron chi connectivity index (χ4n) is 6.41. The Hall–Kier alpha value is -3.23. The van der Waals surface area contributed by atoms with Crippen molar-refractivity contribution in [1.29, 1.82) is 0 Å². The molecule has 0 saturated heterocycles. The molecule has 8 nitrogen and oxygen atoms in total. The number of carbonyl (C=O) groups is 3. The van der Waals surface area contributed by atoms with Gasteiger partial charge in [-0.3, -0.25) is 9.59 Å². The summed E-state index contributed by atoms with van der Waals surface area (Å²) in [5.41, 5.74) is 0. The number of rotatable bonds is 41. The molecule has 0 aliphatic heterocycles. The number of hydrogen-bond acceptors (Lipinski definition) is 7. The highest BCUT2D eigenvalue weighted by atomic mass is 16.6. The van der Waals surface area contributed by atoms with Gasteiger partial charge in [-0.25, -0.2) is 0 Å². The summed E-state index contributed by atoms with van der Waals surface area (Å²) >= 11 is 0. The molecule has 2 unspecified atom stereocenters. The molecule has 0 bridgehead atoms. The molecule has 2 atom stereocenters. The topological polar surface area (TPSA) is 102 Å². The van der Waals surface area contributed by atoms with Crippen LogP contribution in [0.1, 0.15) is 181 Å². The summed E-state index contributed by atoms with van der Waals surface area (Å²) in [6.45, 7) is 4.55. The molecular formula is C51H87NO7. The van der Waals surface area contributed by atoms with E-state index in [0.717, 1.165) is 70.6 Å². The highest BCUT2D eigenvalue weighted by Gasteiger charge is 2.25. The highest BCUT2D eigenvalue weighted by molar-refractivity contribution is 5.70. The van der Waals surface area contributed by atoms with E-state index in [0.29, 0.717) is 6.42 Å². The zero-order chi connectivity index (χ0) is 43.5. The van der Waals surface area contributed by atoms with Crippen molar-refractivity contribution in [2.75, 3.05) is 41.0 Å². The average Bonchev–Trinajstić information content (AvgIpc) is 3.19. The van der Waals surface area contributed by atoms with Gasteiger partial charge in [-0.15, -0.1) is 0 Å². The summed E-state index contributed by atoms with van der Waals surface area (Å²) in [6, 6.07) is -0.740. The van der Waals surface area contributed by atoms with Gasteiger partial charge in [0.2, 0.25) is 0 Å². The smallest absolute Gasteiger partial charge is 0.306 e. The first-order valence-corrected chi connectivity index (χ1v) is 23.5. The first kappa shape index (κ1) is 55.8. The molecule has 0 fully saturated rings. The van der Waals surface area contributed by atoms with Crippen LogP contribution >= 0.6 is 0 Å². The number of carboxylic acid groups (broad SMARTS) is 1. The SMILES string of the molecule is CCCCC/C=C/C/C=C/C/C=C/C/C=C/CCCC(=O)OCC(COCCC(C(=O)[O-])[N+](C)(C)C)OC(=O)CCCCCCC/C=C/C=C/CCCCCCCCC. The maximum absolute atomic E-state index is 12.7. The average molecular weight is 826 g/mol. The monoisotopic (exact) mass is 826 g/mol. The second-order valence-electron chi connectivity index (χ2n) is 16.7. The van der Waals surface area contributed by atoms with E-state index in [-0.39, 0.29) is 55.5 Å². The molecule has 338 valence electrons. The van der Waals surface area contributed by atoms with Gasteiger partial charge in [0.1, 0.15) is 12.6 Å². The van der Waals surface area contributed by atoms with Crippen molar-refractivity contribution >= 4 is 17.9 Å². The van der Waals surface area contributed by atoms with Gasteiger partial charge in [-0.05, 0) is 77.0 Å². The van der Waals surface area contributed by atoms with Gasteiger partial charge in [0, 0.05) is 19.3 Å². The van der Waals surface area contributed by atoms with Crippen LogP contribution in [0.15, 0.2) is 72.9 Å². The minimum Gasteiger partial charge on any atom is -0.544 e. The van der Waals surface area contributed by atoms with E-state index in [2.05, 4.69) is 86.8 Å². The fraction of sp³-hybridized carbons (Fsp3) is 0.706. The number of ether oxygens (including phenoxy) is 3. The van der Waals surface area contributed by atoms with Crippen LogP contribution in [0.4, 0.5) is 0 Å². The molecule has 59 heavy (non-hydrogen) atoms. The van der Waals surface area contributed by atoms with E-state index < -0.39 is 18.1 Å². The van der Waals surface area contributed by atoms with Crippen molar-refractivity contribution in [2.45, 2.75) is 193 Å². The van der Waals surface area contributed by atoms with Crippen LogP contribution in [0.2, 0.25) is 0 Å². The Morgan fingerprint density at radius 3 is 1.51 bits per heavy atom. The van der Waals surface area contributed by atoms with Crippen LogP contribution in [-0.4, -0.2) is 75.5 Å². The first-order chi connectivity index (χ1) is 28.6. The third-order valence-corrected chi connectivity index (χ3v) is 10.1. The summed E-state index contributed by atoms with van der Waals surface area (Å²) < 4.78 is 17.1. The maximum atomic E-state index is 12.7. The third kappa shape index (κ3) is 40.0. The fourth-order valence-corrected chi connectivity index (χ4v) is 6.41. The lowest BCUT2D eigenvalue weighted by atomic mass is 10.1. The highest BCUT2D eigenvalue weighted by Crippen LogP contribution is 2.12. The third-order valence-electron chi connectivity index (χ3n) is 10.1. The van der Waals surface area contributed by atoms with Crippen LogP contribution in [0.3, 0.4) is 0 Å². The number of likely N-dealkylation sites (N-methyl/N-ethyl adjacent to an activating group) is 1. The molecule has 0 aromatic rings. The standard InChI is InChI=1S/C51H87NO7/c1-6-8-10-12-14-16-18-20-22-24-26-28-30-32-34-36-38-40-42-50(54)59-47(45-57-44-43-48(51(55)56)52(3,4)5)46-58-49(53)41-39-37-35-33-31-29-27-25-23-21-19-17-15-13-11-9-7-2/h15,17,21-24,26-29,33,35,47-48H,6-14,16,18-20,25,30-32,34,36-46H2,1-5H3/b17-15+,23-21+,24-22+,28-26+,29-27+,35-33+. The van der Waals surface area contributed by atoms with Crippen LogP contribution in [0.25, 0.3) is 0 Å². The number of allylic oxidation sites excluding steroid dienone is 12. The number of esters is 2. The molecular weight excluding hydrogens is 739 g/mol. The molecule has 0 aliphatic rings. The number of nitrogens with zero attached hydrogens (tertiary/aromatic N) is 1. The van der Waals surface area contributed by atoms with Crippen molar-refractivity contribution in [3.05, 3.63) is 72.9 Å². The Morgan fingerprint density at radius 2 is 0.966 bits per heavy atom. The number of carbonyl (C=O) groups excluding carboxylic acids is 3. The summed E-state index contributed by atoms with van der Waals surface area (Å²) in [6.07, 6.45) is 52.2. The molecule has 0 aromatic carbocycles. The van der Waals surface area contributed by atoms with Crippen LogP contribution < -0.4 is 5.11 Å². The summed E-state index contributed by atoms with van der Waals surface area (Å²) in [4.78, 5) is 36.9. The minimum atomic E-state index is -1.14. The molecule has 0 saturated carbocycles. The lowest BCUT2D eigenvalue weighted by Gasteiger charge is -2.34. The van der Waals surface area contributed by atoms with Crippen molar-refractivity contribution < 1.29 is 38.2 Å². The maximum Gasteiger partial charge on any atom is 0.306 e. The van der Waals surface area contributed by atoms with Gasteiger partial charge in [-0.2, -0.15) is 0 Å². The molecule has 0 N–H and O–H groups in total. The van der Waals surface area contributed by atoms with Crippen molar-refractivity contribution in [1.82, 2.24) is 0 Å². The van der Waals surface area contributed by atoms with E-state index in [1.54, 1.807) is 21.1 Å². The molecule has 0 rings (SSSR count). The van der Waals surface area contributed by atoms with E-state index in [1.165, 1.54) is 70.6 Å². The number of aliphatic carboxylic acids is 1. The molecule has 0 radical (unpaired) electrons. The van der Waals surface area contributed by atoms with Crippen molar-refractivity contribution in [3.8, 4) is 0 Å². The molecule has 0 spiro atoms. The number of unbranched alkanes of at least 4 members (excludes halogenated alkanes) is 16. The van der Waals surface area contributed by atoms with Gasteiger partial charge in [0.05, 0.1) is 40.3 Å². The van der Waals surface area contributed by atoms with E-state index in [4.69, 9.17) is 14.2 Å². The molecule has 0 aromatic heterocycles. The second kappa shape index (κ2) is 41.5. The second-order valence-corrected chi connectivity index (χ2v) is 16.7. The zero-order valence-electron chi connectivity index (χ0n) is 38.4. The molecule has 0 amide bonds. The Morgan fingerprint density at radius 1 is 0.525 bits per heavy atom. The van der Waals surface area contributed by atoms with Gasteiger partial charge < -0.3 is 28.6 Å². The van der Waals surface area contributed by atoms with Crippen molar-refractivity contribution in [3.63, 3.8) is 0 Å². The van der Waals surface area contributed by atoms with Crippen LogP contribution in [-0.2, 0) is 28.6 Å². The summed E-state index contributed by atoms with van der Waals surface area (Å²) in [7, 11) is 5.38. The van der Waals surface area contributed by atoms with Crippen LogP contribution in [0, 0.1) is 0 Å². The molecule has 0 heterocycles. The molecule has 0 aliphatic carbocycles. The van der Waals surface area contributed by atoms with Gasteiger partial charge >= 0.3 is 11.9 Å². The number of carboxylic acids is 1. The van der Waals surface area contributed by atoms with Gasteiger partial charge in [-0.1, -0.05) is 157 Å². The normalized spacial score (nSPS) is 13.6. The number of hydrogen-bond donors (Lipinski definition) is 0. The van der Waals surface area contributed by atoms with E-state index in [9.17, 15) is 19.5 Å².